The summed E-state index contributed by atoms with van der Waals surface area (Å²) in [6.45, 7) is 6.12. The number of ether oxygens (including phenoxy) is 2. The average molecular weight is 563 g/mol. The Bertz CT molecular complexity index is 1600. The van der Waals surface area contributed by atoms with Gasteiger partial charge in [-0.25, -0.2) is 19.2 Å². The number of nitrogens with zero attached hydrogens (tertiary/aromatic N) is 4. The van der Waals surface area contributed by atoms with E-state index in [0.29, 0.717) is 29.8 Å². The summed E-state index contributed by atoms with van der Waals surface area (Å²) in [6.07, 6.45) is 3.24. The van der Waals surface area contributed by atoms with Gasteiger partial charge in [-0.05, 0) is 69.0 Å². The maximum Gasteiger partial charge on any atom is 0.335 e. The molecule has 2 unspecified atom stereocenters. The number of rotatable bonds is 9. The molecule has 7 rings (SSSR count). The summed E-state index contributed by atoms with van der Waals surface area (Å²) in [5.74, 6) is 0.841. The summed E-state index contributed by atoms with van der Waals surface area (Å²) in [5.41, 5.74) is 3.06. The number of imidazole rings is 1. The number of carboxylic acid groups (broad SMARTS) is 1. The van der Waals surface area contributed by atoms with Gasteiger partial charge in [-0.1, -0.05) is 6.07 Å². The second-order valence-electron chi connectivity index (χ2n) is 11.2. The zero-order chi connectivity index (χ0) is 27.4. The van der Waals surface area contributed by atoms with Crippen LogP contribution in [0.15, 0.2) is 42.5 Å². The van der Waals surface area contributed by atoms with Gasteiger partial charge in [0.1, 0.15) is 18.2 Å². The summed E-state index contributed by atoms with van der Waals surface area (Å²) in [5, 5.41) is 9.52. The minimum Gasteiger partial charge on any atom is -0.478 e. The fourth-order valence-electron chi connectivity index (χ4n) is 6.28. The standard InChI is InChI=1S/C30H31FN4O4S/c1-18-11-22(31)25(40-18)17-39-28-4-2-3-26(33-28)30-8-9-34(14-20(30)13-30)16-27-32-23-6-5-19(29(36)37)12-24(23)35(27)15-21-7-10-38-21/h2-6,11-12,20-21H,7-10,13-17H2,1H3,(H,36,37)/t20?,21-,30?/m0/s1. The van der Waals surface area contributed by atoms with Gasteiger partial charge in [-0.15, -0.1) is 11.3 Å². The number of aromatic nitrogens is 3. The van der Waals surface area contributed by atoms with Gasteiger partial charge in [0, 0.05) is 29.5 Å². The van der Waals surface area contributed by atoms with Crippen molar-refractivity contribution in [3.8, 4) is 5.88 Å². The third-order valence-corrected chi connectivity index (χ3v) is 9.67. The van der Waals surface area contributed by atoms with E-state index in [0.717, 1.165) is 66.4 Å². The van der Waals surface area contributed by atoms with Gasteiger partial charge in [0.05, 0.1) is 46.4 Å². The van der Waals surface area contributed by atoms with Gasteiger partial charge in [0.15, 0.2) is 0 Å². The smallest absolute Gasteiger partial charge is 0.335 e. The van der Waals surface area contributed by atoms with E-state index in [9.17, 15) is 14.3 Å². The first-order valence-corrected chi connectivity index (χ1v) is 14.6. The summed E-state index contributed by atoms with van der Waals surface area (Å²) in [4.78, 5) is 25.3. The predicted molar refractivity (Wildman–Crippen MR) is 148 cm³/mol. The van der Waals surface area contributed by atoms with Gasteiger partial charge in [0.2, 0.25) is 5.88 Å². The van der Waals surface area contributed by atoms with Crippen LogP contribution >= 0.6 is 11.3 Å². The first kappa shape index (κ1) is 25.6. The van der Waals surface area contributed by atoms with E-state index in [1.165, 1.54) is 17.4 Å². The molecule has 2 saturated heterocycles. The van der Waals surface area contributed by atoms with Crippen LogP contribution in [0.25, 0.3) is 11.0 Å². The number of likely N-dealkylation sites (tertiary alicyclic amines) is 1. The van der Waals surface area contributed by atoms with Gasteiger partial charge in [-0.2, -0.15) is 0 Å². The molecule has 40 heavy (non-hydrogen) atoms. The Kier molecular flexibility index (Phi) is 6.36. The minimum atomic E-state index is -0.936. The van der Waals surface area contributed by atoms with Crippen LogP contribution in [0.4, 0.5) is 4.39 Å². The quantitative estimate of drug-likeness (QED) is 0.301. The number of thiophene rings is 1. The van der Waals surface area contributed by atoms with E-state index in [2.05, 4.69) is 15.5 Å². The molecule has 2 aliphatic heterocycles. The van der Waals surface area contributed by atoms with E-state index >= 15 is 0 Å². The van der Waals surface area contributed by atoms with E-state index in [4.69, 9.17) is 19.4 Å². The zero-order valence-electron chi connectivity index (χ0n) is 22.3. The van der Waals surface area contributed by atoms with Crippen LogP contribution in [0.5, 0.6) is 5.88 Å². The molecule has 208 valence electrons. The fourth-order valence-corrected chi connectivity index (χ4v) is 7.10. The van der Waals surface area contributed by atoms with Crippen molar-refractivity contribution in [2.75, 3.05) is 19.7 Å². The zero-order valence-corrected chi connectivity index (χ0v) is 23.1. The Morgan fingerprint density at radius 2 is 2.15 bits per heavy atom. The van der Waals surface area contributed by atoms with Crippen molar-refractivity contribution in [3.05, 3.63) is 75.1 Å². The van der Waals surface area contributed by atoms with Crippen molar-refractivity contribution in [2.45, 2.75) is 57.4 Å². The molecule has 1 aliphatic carbocycles. The Balaban J connectivity index is 1.05. The van der Waals surface area contributed by atoms with E-state index < -0.39 is 5.97 Å². The van der Waals surface area contributed by atoms with Crippen molar-refractivity contribution in [3.63, 3.8) is 0 Å². The Labute approximate surface area is 235 Å². The Hall–Kier alpha value is -3.34. The molecule has 10 heteroatoms. The second kappa shape index (κ2) is 9.94. The monoisotopic (exact) mass is 562 g/mol. The lowest BCUT2D eigenvalue weighted by molar-refractivity contribution is -0.0592. The van der Waals surface area contributed by atoms with Crippen LogP contribution in [0.3, 0.4) is 0 Å². The maximum atomic E-state index is 14.0. The number of hydrogen-bond acceptors (Lipinski definition) is 7. The molecule has 1 saturated carbocycles. The summed E-state index contributed by atoms with van der Waals surface area (Å²) < 4.78 is 27.8. The molecule has 4 aromatic rings. The molecular weight excluding hydrogens is 531 g/mol. The molecule has 1 N–H and O–H groups in total. The molecule has 3 fully saturated rings. The van der Waals surface area contributed by atoms with E-state index in [-0.39, 0.29) is 29.5 Å². The number of halogens is 1. The first-order chi connectivity index (χ1) is 19.4. The molecule has 3 atom stereocenters. The van der Waals surface area contributed by atoms with Crippen LogP contribution in [-0.4, -0.2) is 56.3 Å². The number of aromatic carboxylic acids is 1. The lowest BCUT2D eigenvalue weighted by Gasteiger charge is -2.32. The lowest BCUT2D eigenvalue weighted by Crippen LogP contribution is -2.37. The van der Waals surface area contributed by atoms with Crippen molar-refractivity contribution < 1.29 is 23.8 Å². The lowest BCUT2D eigenvalue weighted by atomic mass is 9.91. The molecular formula is C30H31FN4O4S. The van der Waals surface area contributed by atoms with Gasteiger partial charge in [0.25, 0.3) is 0 Å². The Morgan fingerprint density at radius 3 is 2.88 bits per heavy atom. The van der Waals surface area contributed by atoms with Crippen LogP contribution in [0.1, 0.15) is 50.9 Å². The van der Waals surface area contributed by atoms with Crippen LogP contribution in [0, 0.1) is 18.7 Å². The van der Waals surface area contributed by atoms with Crippen LogP contribution in [-0.2, 0) is 29.8 Å². The number of carbonyl (C=O) groups is 1. The van der Waals surface area contributed by atoms with Crippen molar-refractivity contribution in [2.24, 2.45) is 5.92 Å². The molecule has 0 spiro atoms. The number of aryl methyl sites for hydroxylation is 1. The number of hydrogen-bond donors (Lipinski definition) is 1. The van der Waals surface area contributed by atoms with Gasteiger partial charge in [-0.3, -0.25) is 4.90 Å². The van der Waals surface area contributed by atoms with Crippen LogP contribution < -0.4 is 4.74 Å². The highest BCUT2D eigenvalue weighted by molar-refractivity contribution is 7.11. The third kappa shape index (κ3) is 4.67. The second-order valence-corrected chi connectivity index (χ2v) is 12.6. The SMILES string of the molecule is Cc1cc(F)c(COc2cccc(C34CCN(Cc5nc6ccc(C(=O)O)cc6n5C[C@@H]5CCO5)CC3C4)n2)s1. The molecule has 3 aromatic heterocycles. The van der Waals surface area contributed by atoms with Gasteiger partial charge >= 0.3 is 5.97 Å². The highest BCUT2D eigenvalue weighted by Crippen LogP contribution is 2.59. The number of benzene rings is 1. The van der Waals surface area contributed by atoms with E-state index in [1.807, 2.05) is 19.1 Å². The average Bonchev–Trinajstić information content (AvgIpc) is 3.43. The Morgan fingerprint density at radius 1 is 1.27 bits per heavy atom. The minimum absolute atomic E-state index is 0.0664. The molecule has 0 radical (unpaired) electrons. The van der Waals surface area contributed by atoms with Crippen molar-refractivity contribution in [1.29, 1.82) is 0 Å². The third-order valence-electron chi connectivity index (χ3n) is 8.67. The number of piperidine rings is 1. The summed E-state index contributed by atoms with van der Waals surface area (Å²) in [7, 11) is 0. The first-order valence-electron chi connectivity index (χ1n) is 13.8. The molecule has 3 aliphatic rings. The number of fused-ring (bicyclic) bond motifs is 2. The topological polar surface area (TPSA) is 89.7 Å². The number of pyridine rings is 1. The normalized spacial score (nSPS) is 24.1. The maximum absolute atomic E-state index is 14.0. The molecule has 8 nitrogen and oxygen atoms in total. The molecule has 0 amide bonds. The largest absolute Gasteiger partial charge is 0.478 e. The highest BCUT2D eigenvalue weighted by atomic mass is 32.1. The fraction of sp³-hybridized carbons (Fsp3) is 0.433. The molecule has 5 heterocycles. The summed E-state index contributed by atoms with van der Waals surface area (Å²) in [6, 6.07) is 12.6. The highest BCUT2D eigenvalue weighted by Gasteiger charge is 2.58. The molecule has 1 aromatic carbocycles. The van der Waals surface area contributed by atoms with E-state index in [1.54, 1.807) is 18.2 Å². The van der Waals surface area contributed by atoms with Crippen molar-refractivity contribution in [1.82, 2.24) is 19.4 Å². The predicted octanol–water partition coefficient (Wildman–Crippen LogP) is 5.17. The van der Waals surface area contributed by atoms with Gasteiger partial charge < -0.3 is 19.1 Å². The number of carboxylic acids is 1. The molecule has 0 bridgehead atoms. The van der Waals surface area contributed by atoms with Crippen LogP contribution in [0.2, 0.25) is 0 Å². The summed E-state index contributed by atoms with van der Waals surface area (Å²) >= 11 is 1.41. The van der Waals surface area contributed by atoms with Crippen molar-refractivity contribution >= 4 is 28.3 Å².